The third-order valence-corrected chi connectivity index (χ3v) is 2.97. The van der Waals surface area contributed by atoms with Gasteiger partial charge < -0.3 is 20.5 Å². The Bertz CT molecular complexity index is 647. The quantitative estimate of drug-likeness (QED) is 0.321. The molecule has 0 saturated heterocycles. The number of hydrogen-bond donors (Lipinski definition) is 2. The molecule has 0 fully saturated rings. The predicted octanol–water partition coefficient (Wildman–Crippen LogP) is 3.43. The molecule has 0 radical (unpaired) electrons. The number of ether oxygens (including phenoxy) is 2. The molecule has 0 atom stereocenters. The fraction of sp³-hybridized carbons (Fsp3) is 0.235. The first-order valence-electron chi connectivity index (χ1n) is 7.08. The van der Waals surface area contributed by atoms with E-state index in [0.717, 1.165) is 17.2 Å². The fourth-order valence-corrected chi connectivity index (χ4v) is 1.92. The summed E-state index contributed by atoms with van der Waals surface area (Å²) in [4.78, 5) is 4.23. The molecule has 0 aromatic heterocycles. The maximum absolute atomic E-state index is 5.84. The summed E-state index contributed by atoms with van der Waals surface area (Å²) >= 11 is 0. The molecule has 0 aliphatic heterocycles. The minimum Gasteiger partial charge on any atom is -0.497 e. The topological polar surface area (TPSA) is 68.9 Å². The number of hydrogen-bond acceptors (Lipinski definition) is 3. The van der Waals surface area contributed by atoms with Gasteiger partial charge >= 0.3 is 0 Å². The van der Waals surface area contributed by atoms with Crippen LogP contribution in [0.4, 0.5) is 5.69 Å². The molecule has 2 aromatic carbocycles. The first-order valence-corrected chi connectivity index (χ1v) is 7.08. The van der Waals surface area contributed by atoms with Gasteiger partial charge in [-0.15, -0.1) is 24.0 Å². The van der Waals surface area contributed by atoms with Crippen LogP contribution >= 0.6 is 24.0 Å². The number of anilines is 1. The zero-order chi connectivity index (χ0) is 15.8. The smallest absolute Gasteiger partial charge is 0.193 e. The first-order chi connectivity index (χ1) is 10.7. The van der Waals surface area contributed by atoms with E-state index >= 15 is 0 Å². The maximum atomic E-state index is 5.84. The lowest BCUT2D eigenvalue weighted by atomic mass is 10.2. The van der Waals surface area contributed by atoms with Crippen LogP contribution in [0.15, 0.2) is 53.5 Å². The van der Waals surface area contributed by atoms with Crippen LogP contribution in [0.3, 0.4) is 0 Å². The molecule has 3 N–H and O–H groups in total. The van der Waals surface area contributed by atoms with Crippen molar-refractivity contribution in [2.24, 2.45) is 10.7 Å². The van der Waals surface area contributed by atoms with E-state index in [-0.39, 0.29) is 24.0 Å². The van der Waals surface area contributed by atoms with Crippen LogP contribution < -0.4 is 20.5 Å². The minimum atomic E-state index is 0. The largest absolute Gasteiger partial charge is 0.497 e. The highest BCUT2D eigenvalue weighted by molar-refractivity contribution is 14.0. The molecule has 5 nitrogen and oxygen atoms in total. The number of rotatable bonds is 6. The average molecular weight is 427 g/mol. The zero-order valence-corrected chi connectivity index (χ0v) is 15.6. The number of guanidine groups is 1. The third-order valence-electron chi connectivity index (χ3n) is 2.97. The Kier molecular flexibility index (Phi) is 8.25. The number of nitrogens with two attached hydrogens (primary N) is 1. The van der Waals surface area contributed by atoms with Crippen molar-refractivity contribution in [3.8, 4) is 11.5 Å². The molecule has 0 spiro atoms. The van der Waals surface area contributed by atoms with Gasteiger partial charge in [0.15, 0.2) is 5.96 Å². The van der Waals surface area contributed by atoms with Crippen molar-refractivity contribution in [3.63, 3.8) is 0 Å². The van der Waals surface area contributed by atoms with Crippen LogP contribution in [0, 0.1) is 6.92 Å². The van der Waals surface area contributed by atoms with Crippen LogP contribution in [0.5, 0.6) is 11.5 Å². The van der Waals surface area contributed by atoms with Gasteiger partial charge in [0.05, 0.1) is 13.7 Å². The minimum absolute atomic E-state index is 0. The van der Waals surface area contributed by atoms with Crippen LogP contribution in [-0.2, 0) is 0 Å². The van der Waals surface area contributed by atoms with Gasteiger partial charge in [0, 0.05) is 11.8 Å². The molecule has 0 bridgehead atoms. The van der Waals surface area contributed by atoms with Crippen LogP contribution in [-0.4, -0.2) is 26.2 Å². The molecule has 0 unspecified atom stereocenters. The Labute approximate surface area is 153 Å². The van der Waals surface area contributed by atoms with Gasteiger partial charge in [-0.05, 0) is 36.8 Å². The van der Waals surface area contributed by atoms with Crippen molar-refractivity contribution in [2.45, 2.75) is 6.92 Å². The van der Waals surface area contributed by atoms with Crippen molar-refractivity contribution in [1.82, 2.24) is 0 Å². The van der Waals surface area contributed by atoms with E-state index in [4.69, 9.17) is 15.2 Å². The van der Waals surface area contributed by atoms with Gasteiger partial charge in [0.2, 0.25) is 0 Å². The van der Waals surface area contributed by atoms with Crippen LogP contribution in [0.1, 0.15) is 5.56 Å². The van der Waals surface area contributed by atoms with Gasteiger partial charge in [-0.2, -0.15) is 0 Å². The monoisotopic (exact) mass is 427 g/mol. The number of methoxy groups -OCH3 is 1. The Balaban J connectivity index is 0.00000264. The number of aliphatic imine (C=N–C) groups is 1. The van der Waals surface area contributed by atoms with E-state index in [1.165, 1.54) is 5.56 Å². The van der Waals surface area contributed by atoms with E-state index < -0.39 is 0 Å². The summed E-state index contributed by atoms with van der Waals surface area (Å²) in [5.74, 6) is 1.95. The summed E-state index contributed by atoms with van der Waals surface area (Å²) in [7, 11) is 1.62. The molecule has 124 valence electrons. The SMILES string of the molecule is COc1cccc(NC(N)=NCCOc2cccc(C)c2)c1.I. The Morgan fingerprint density at radius 3 is 2.61 bits per heavy atom. The maximum Gasteiger partial charge on any atom is 0.193 e. The van der Waals surface area contributed by atoms with Crippen molar-refractivity contribution >= 4 is 35.6 Å². The van der Waals surface area contributed by atoms with E-state index in [1.54, 1.807) is 7.11 Å². The molecular weight excluding hydrogens is 405 g/mol. The number of nitrogens with zero attached hydrogens (tertiary/aromatic N) is 1. The van der Waals surface area contributed by atoms with Crippen molar-refractivity contribution in [1.29, 1.82) is 0 Å². The Hall–Kier alpha value is -1.96. The Morgan fingerprint density at radius 1 is 1.13 bits per heavy atom. The molecule has 0 saturated carbocycles. The average Bonchev–Trinajstić information content (AvgIpc) is 2.52. The number of aryl methyl sites for hydroxylation is 1. The predicted molar refractivity (Wildman–Crippen MR) is 105 cm³/mol. The van der Waals surface area contributed by atoms with E-state index in [0.29, 0.717) is 19.1 Å². The number of nitrogens with one attached hydrogen (secondary N) is 1. The second-order valence-electron chi connectivity index (χ2n) is 4.79. The standard InChI is InChI=1S/C17H21N3O2.HI/c1-13-5-3-8-16(11-13)22-10-9-19-17(18)20-14-6-4-7-15(12-14)21-2;/h3-8,11-12H,9-10H2,1-2H3,(H3,18,19,20);1H. The van der Waals surface area contributed by atoms with E-state index in [1.807, 2.05) is 55.5 Å². The molecule has 0 amide bonds. The molecule has 6 heteroatoms. The summed E-state index contributed by atoms with van der Waals surface area (Å²) in [6.45, 7) is 2.99. The Morgan fingerprint density at radius 2 is 1.87 bits per heavy atom. The highest BCUT2D eigenvalue weighted by Gasteiger charge is 1.98. The van der Waals surface area contributed by atoms with Crippen LogP contribution in [0.2, 0.25) is 0 Å². The van der Waals surface area contributed by atoms with Gasteiger partial charge in [0.1, 0.15) is 18.1 Å². The van der Waals surface area contributed by atoms with Crippen molar-refractivity contribution in [3.05, 3.63) is 54.1 Å². The lowest BCUT2D eigenvalue weighted by Gasteiger charge is -2.08. The summed E-state index contributed by atoms with van der Waals surface area (Å²) in [6, 6.07) is 15.4. The van der Waals surface area contributed by atoms with Gasteiger partial charge in [-0.3, -0.25) is 0 Å². The van der Waals surface area contributed by atoms with E-state index in [9.17, 15) is 0 Å². The number of benzene rings is 2. The molecule has 2 rings (SSSR count). The first kappa shape index (κ1) is 19.1. The van der Waals surface area contributed by atoms with Gasteiger partial charge in [-0.25, -0.2) is 4.99 Å². The highest BCUT2D eigenvalue weighted by atomic mass is 127. The second-order valence-corrected chi connectivity index (χ2v) is 4.79. The molecular formula is C17H22IN3O2. The lowest BCUT2D eigenvalue weighted by molar-refractivity contribution is 0.328. The van der Waals surface area contributed by atoms with Gasteiger partial charge in [-0.1, -0.05) is 18.2 Å². The summed E-state index contributed by atoms with van der Waals surface area (Å²) < 4.78 is 10.8. The molecule has 23 heavy (non-hydrogen) atoms. The molecule has 0 heterocycles. The summed E-state index contributed by atoms with van der Waals surface area (Å²) in [5.41, 5.74) is 7.84. The highest BCUT2D eigenvalue weighted by Crippen LogP contribution is 2.16. The summed E-state index contributed by atoms with van der Waals surface area (Å²) in [6.07, 6.45) is 0. The molecule has 0 aliphatic carbocycles. The van der Waals surface area contributed by atoms with Crippen molar-refractivity contribution in [2.75, 3.05) is 25.6 Å². The fourth-order valence-electron chi connectivity index (χ4n) is 1.92. The lowest BCUT2D eigenvalue weighted by Crippen LogP contribution is -2.23. The molecule has 2 aromatic rings. The van der Waals surface area contributed by atoms with Crippen LogP contribution in [0.25, 0.3) is 0 Å². The number of halogens is 1. The van der Waals surface area contributed by atoms with E-state index in [2.05, 4.69) is 10.3 Å². The normalized spacial score (nSPS) is 10.6. The third kappa shape index (κ3) is 6.77. The van der Waals surface area contributed by atoms with Gasteiger partial charge in [0.25, 0.3) is 0 Å². The summed E-state index contributed by atoms with van der Waals surface area (Å²) in [5, 5.41) is 3.02. The van der Waals surface area contributed by atoms with Crippen molar-refractivity contribution < 1.29 is 9.47 Å². The molecule has 0 aliphatic rings. The zero-order valence-electron chi connectivity index (χ0n) is 13.3. The second kappa shape index (κ2) is 9.94.